The van der Waals surface area contributed by atoms with E-state index < -0.39 is 0 Å². The highest BCUT2D eigenvalue weighted by atomic mass is 16.5. The van der Waals surface area contributed by atoms with Crippen molar-refractivity contribution in [2.45, 2.75) is 46.8 Å². The maximum absolute atomic E-state index is 12.1. The third-order valence-electron chi connectivity index (χ3n) is 4.05. The largest absolute Gasteiger partial charge is 0.491 e. The molecule has 1 aromatic carbocycles. The molecule has 0 radical (unpaired) electrons. The maximum atomic E-state index is 12.1. The molecule has 2 aromatic rings. The predicted octanol–water partition coefficient (Wildman–Crippen LogP) is 2.87. The normalized spacial score (nSPS) is 11.2. The maximum Gasteiger partial charge on any atom is 0.234 e. The minimum absolute atomic E-state index is 0.0130. The van der Waals surface area contributed by atoms with E-state index >= 15 is 0 Å². The van der Waals surface area contributed by atoms with Crippen molar-refractivity contribution in [3.8, 4) is 5.75 Å². The van der Waals surface area contributed by atoms with Crippen LogP contribution in [0.25, 0.3) is 0 Å². The van der Waals surface area contributed by atoms with Gasteiger partial charge in [-0.3, -0.25) is 9.69 Å². The molecule has 1 N–H and O–H groups in total. The van der Waals surface area contributed by atoms with Crippen molar-refractivity contribution < 1.29 is 14.1 Å². The van der Waals surface area contributed by atoms with Gasteiger partial charge in [0.15, 0.2) is 0 Å². The molecule has 0 atom stereocenters. The fourth-order valence-electron chi connectivity index (χ4n) is 2.71. The van der Waals surface area contributed by atoms with E-state index in [-0.39, 0.29) is 12.0 Å². The van der Waals surface area contributed by atoms with E-state index in [9.17, 15) is 4.79 Å². The highest BCUT2D eigenvalue weighted by Gasteiger charge is 2.13. The zero-order valence-corrected chi connectivity index (χ0v) is 16.3. The van der Waals surface area contributed by atoms with Crippen LogP contribution in [-0.2, 0) is 17.8 Å². The summed E-state index contributed by atoms with van der Waals surface area (Å²) in [6.45, 7) is 9.41. The Morgan fingerprint density at radius 3 is 2.54 bits per heavy atom. The van der Waals surface area contributed by atoms with Gasteiger partial charge in [0.25, 0.3) is 0 Å². The summed E-state index contributed by atoms with van der Waals surface area (Å²) in [4.78, 5) is 14.1. The number of hydrogen-bond donors (Lipinski definition) is 1. The van der Waals surface area contributed by atoms with Gasteiger partial charge < -0.3 is 14.6 Å². The zero-order chi connectivity index (χ0) is 19.1. The number of likely N-dealkylation sites (N-methyl/N-ethyl adjacent to an activating group) is 1. The van der Waals surface area contributed by atoms with Gasteiger partial charge in [0.05, 0.1) is 18.3 Å². The Morgan fingerprint density at radius 2 is 1.96 bits per heavy atom. The molecule has 0 aliphatic heterocycles. The second-order valence-corrected chi connectivity index (χ2v) is 6.89. The molecule has 1 heterocycles. The SMILES string of the molecule is Cc1noc(C)c1CN(C)CC(=O)NCCc1ccc(OC(C)C)cc1. The molecule has 0 bridgehead atoms. The molecular weight excluding hydrogens is 330 g/mol. The lowest BCUT2D eigenvalue weighted by atomic mass is 10.1. The van der Waals surface area contributed by atoms with Crippen LogP contribution in [0.4, 0.5) is 0 Å². The Morgan fingerprint density at radius 1 is 1.27 bits per heavy atom. The Labute approximate surface area is 155 Å². The molecule has 26 heavy (non-hydrogen) atoms. The molecule has 0 aliphatic rings. The van der Waals surface area contributed by atoms with E-state index in [4.69, 9.17) is 9.26 Å². The van der Waals surface area contributed by atoms with Gasteiger partial charge in [-0.05, 0) is 58.9 Å². The molecule has 0 spiro atoms. The van der Waals surface area contributed by atoms with E-state index in [2.05, 4.69) is 10.5 Å². The van der Waals surface area contributed by atoms with E-state index in [1.54, 1.807) is 0 Å². The first-order chi connectivity index (χ1) is 12.3. The number of carbonyl (C=O) groups excluding carboxylic acids is 1. The second kappa shape index (κ2) is 9.38. The Kier molecular flexibility index (Phi) is 7.21. The van der Waals surface area contributed by atoms with Crippen molar-refractivity contribution >= 4 is 5.91 Å². The van der Waals surface area contributed by atoms with Crippen molar-refractivity contribution in [1.82, 2.24) is 15.4 Å². The minimum atomic E-state index is 0.0130. The summed E-state index contributed by atoms with van der Waals surface area (Å²) in [6.07, 6.45) is 0.962. The van der Waals surface area contributed by atoms with E-state index in [0.29, 0.717) is 19.6 Å². The number of aromatic nitrogens is 1. The van der Waals surface area contributed by atoms with Crippen molar-refractivity contribution in [3.63, 3.8) is 0 Å². The first-order valence-corrected chi connectivity index (χ1v) is 8.97. The molecule has 1 amide bonds. The molecule has 0 fully saturated rings. The zero-order valence-electron chi connectivity index (χ0n) is 16.3. The molecule has 0 aliphatic carbocycles. The van der Waals surface area contributed by atoms with Crippen LogP contribution in [0, 0.1) is 13.8 Å². The number of benzene rings is 1. The standard InChI is InChI=1S/C20H29N3O3/c1-14(2)25-18-8-6-17(7-9-18)10-11-21-20(24)13-23(5)12-19-15(3)22-26-16(19)4/h6-9,14H,10-13H2,1-5H3,(H,21,24). The molecule has 0 unspecified atom stereocenters. The van der Waals surface area contributed by atoms with E-state index in [0.717, 1.165) is 29.2 Å². The summed E-state index contributed by atoms with van der Waals surface area (Å²) in [5.41, 5.74) is 3.09. The lowest BCUT2D eigenvalue weighted by Crippen LogP contribution is -2.36. The van der Waals surface area contributed by atoms with Crippen LogP contribution in [0.1, 0.15) is 36.4 Å². The second-order valence-electron chi connectivity index (χ2n) is 6.89. The molecule has 142 valence electrons. The predicted molar refractivity (Wildman–Crippen MR) is 101 cm³/mol. The van der Waals surface area contributed by atoms with Gasteiger partial charge in [-0.25, -0.2) is 0 Å². The van der Waals surface area contributed by atoms with Gasteiger partial charge >= 0.3 is 0 Å². The van der Waals surface area contributed by atoms with Gasteiger partial charge in [0.2, 0.25) is 5.91 Å². The highest BCUT2D eigenvalue weighted by molar-refractivity contribution is 5.77. The fraction of sp³-hybridized carbons (Fsp3) is 0.500. The Balaban J connectivity index is 1.71. The summed E-state index contributed by atoms with van der Waals surface area (Å²) in [5, 5.41) is 6.91. The first kappa shape index (κ1) is 20.0. The number of rotatable bonds is 9. The lowest BCUT2D eigenvalue weighted by molar-refractivity contribution is -0.122. The topological polar surface area (TPSA) is 67.6 Å². The Hall–Kier alpha value is -2.34. The molecule has 6 nitrogen and oxygen atoms in total. The Bertz CT molecular complexity index is 688. The number of hydrogen-bond acceptors (Lipinski definition) is 5. The number of nitrogens with zero attached hydrogens (tertiary/aromatic N) is 2. The average molecular weight is 359 g/mol. The molecular formula is C20H29N3O3. The van der Waals surface area contributed by atoms with Crippen molar-refractivity contribution in [3.05, 3.63) is 46.8 Å². The molecule has 6 heteroatoms. The first-order valence-electron chi connectivity index (χ1n) is 8.97. The quantitative estimate of drug-likeness (QED) is 0.746. The van der Waals surface area contributed by atoms with Crippen molar-refractivity contribution in [1.29, 1.82) is 0 Å². The van der Waals surface area contributed by atoms with Crippen molar-refractivity contribution in [2.75, 3.05) is 20.1 Å². The van der Waals surface area contributed by atoms with Gasteiger partial charge in [-0.2, -0.15) is 0 Å². The van der Waals surface area contributed by atoms with Crippen LogP contribution < -0.4 is 10.1 Å². The van der Waals surface area contributed by atoms with E-state index in [1.165, 1.54) is 5.56 Å². The fourth-order valence-corrected chi connectivity index (χ4v) is 2.71. The summed E-state index contributed by atoms with van der Waals surface area (Å²) >= 11 is 0. The third kappa shape index (κ3) is 6.19. The van der Waals surface area contributed by atoms with Crippen molar-refractivity contribution in [2.24, 2.45) is 0 Å². The number of nitrogens with one attached hydrogen (secondary N) is 1. The average Bonchev–Trinajstić information content (AvgIpc) is 2.88. The number of ether oxygens (including phenoxy) is 1. The van der Waals surface area contributed by atoms with Gasteiger partial charge in [-0.1, -0.05) is 17.3 Å². The lowest BCUT2D eigenvalue weighted by Gasteiger charge is -2.16. The smallest absolute Gasteiger partial charge is 0.234 e. The number of carbonyl (C=O) groups is 1. The summed E-state index contributed by atoms with van der Waals surface area (Å²) in [6, 6.07) is 8.00. The molecule has 0 saturated carbocycles. The van der Waals surface area contributed by atoms with Crippen LogP contribution in [0.5, 0.6) is 5.75 Å². The van der Waals surface area contributed by atoms with Gasteiger partial charge in [0.1, 0.15) is 11.5 Å². The minimum Gasteiger partial charge on any atom is -0.491 e. The van der Waals surface area contributed by atoms with Crippen LogP contribution in [-0.4, -0.2) is 42.2 Å². The monoisotopic (exact) mass is 359 g/mol. The number of aryl methyl sites for hydroxylation is 2. The molecule has 1 aromatic heterocycles. The number of amides is 1. The van der Waals surface area contributed by atoms with E-state index in [1.807, 2.05) is 63.9 Å². The summed E-state index contributed by atoms with van der Waals surface area (Å²) < 4.78 is 10.8. The van der Waals surface area contributed by atoms with Crippen LogP contribution in [0.15, 0.2) is 28.8 Å². The van der Waals surface area contributed by atoms with Gasteiger partial charge in [-0.15, -0.1) is 0 Å². The highest BCUT2D eigenvalue weighted by Crippen LogP contribution is 2.15. The summed E-state index contributed by atoms with van der Waals surface area (Å²) in [7, 11) is 1.92. The van der Waals surface area contributed by atoms with Gasteiger partial charge in [0, 0.05) is 18.7 Å². The molecule has 0 saturated heterocycles. The molecule has 2 rings (SSSR count). The summed E-state index contributed by atoms with van der Waals surface area (Å²) in [5.74, 6) is 1.69. The van der Waals surface area contributed by atoms with Crippen LogP contribution >= 0.6 is 0 Å². The van der Waals surface area contributed by atoms with Crippen LogP contribution in [0.2, 0.25) is 0 Å². The third-order valence-corrected chi connectivity index (χ3v) is 4.05. The van der Waals surface area contributed by atoms with Crippen LogP contribution in [0.3, 0.4) is 0 Å².